The van der Waals surface area contributed by atoms with Gasteiger partial charge in [-0.2, -0.15) is 5.10 Å². The lowest BCUT2D eigenvalue weighted by Gasteiger charge is -2.26. The second kappa shape index (κ2) is 3.85. The lowest BCUT2D eigenvalue weighted by atomic mass is 10.2. The van der Waals surface area contributed by atoms with E-state index in [4.69, 9.17) is 4.74 Å². The first-order valence-electron chi connectivity index (χ1n) is 5.56. The standard InChI is InChI=1S/C12H13N3O2/c1-15-10-5-3-2-4-9(10)11(14-15)12(16)13-8-6-17-7-8/h2-5,8H,6-7H2,1H3,(H,13,16). The van der Waals surface area contributed by atoms with Crippen LogP contribution in [-0.4, -0.2) is 34.9 Å². The van der Waals surface area contributed by atoms with Crippen LogP contribution in [0.1, 0.15) is 10.5 Å². The summed E-state index contributed by atoms with van der Waals surface area (Å²) in [4.78, 5) is 12.0. The minimum Gasteiger partial charge on any atom is -0.377 e. The van der Waals surface area contributed by atoms with Crippen molar-refractivity contribution >= 4 is 16.8 Å². The summed E-state index contributed by atoms with van der Waals surface area (Å²) in [6.07, 6.45) is 0. The van der Waals surface area contributed by atoms with E-state index in [1.165, 1.54) is 0 Å². The lowest BCUT2D eigenvalue weighted by molar-refractivity contribution is -0.00353. The summed E-state index contributed by atoms with van der Waals surface area (Å²) < 4.78 is 6.75. The van der Waals surface area contributed by atoms with Gasteiger partial charge in [-0.25, -0.2) is 0 Å². The molecule has 5 heteroatoms. The average Bonchev–Trinajstić information content (AvgIpc) is 2.62. The van der Waals surface area contributed by atoms with E-state index in [1.54, 1.807) is 4.68 Å². The van der Waals surface area contributed by atoms with Crippen molar-refractivity contribution in [3.63, 3.8) is 0 Å². The minimum absolute atomic E-state index is 0.128. The number of aromatic nitrogens is 2. The zero-order valence-electron chi connectivity index (χ0n) is 9.51. The highest BCUT2D eigenvalue weighted by atomic mass is 16.5. The number of fused-ring (bicyclic) bond motifs is 1. The van der Waals surface area contributed by atoms with Gasteiger partial charge in [0, 0.05) is 12.4 Å². The van der Waals surface area contributed by atoms with E-state index in [-0.39, 0.29) is 11.9 Å². The van der Waals surface area contributed by atoms with E-state index in [0.717, 1.165) is 10.9 Å². The normalized spacial score (nSPS) is 15.8. The van der Waals surface area contributed by atoms with Gasteiger partial charge in [-0.3, -0.25) is 9.48 Å². The molecular weight excluding hydrogens is 218 g/mol. The molecule has 1 N–H and O–H groups in total. The predicted octanol–water partition coefficient (Wildman–Crippen LogP) is 0.702. The third kappa shape index (κ3) is 1.68. The molecule has 17 heavy (non-hydrogen) atoms. The first-order valence-corrected chi connectivity index (χ1v) is 5.56. The largest absolute Gasteiger partial charge is 0.377 e. The van der Waals surface area contributed by atoms with Gasteiger partial charge in [0.25, 0.3) is 5.91 Å². The van der Waals surface area contributed by atoms with Crippen molar-refractivity contribution < 1.29 is 9.53 Å². The molecule has 5 nitrogen and oxygen atoms in total. The molecule has 1 aromatic heterocycles. The molecule has 2 aromatic rings. The Balaban J connectivity index is 1.96. The maximum Gasteiger partial charge on any atom is 0.272 e. The van der Waals surface area contributed by atoms with Crippen LogP contribution in [0.25, 0.3) is 10.9 Å². The highest BCUT2D eigenvalue weighted by Crippen LogP contribution is 2.17. The maximum absolute atomic E-state index is 12.0. The van der Waals surface area contributed by atoms with E-state index in [1.807, 2.05) is 31.3 Å². The number of carbonyl (C=O) groups excluding carboxylic acids is 1. The van der Waals surface area contributed by atoms with Crippen LogP contribution < -0.4 is 5.32 Å². The number of nitrogens with one attached hydrogen (secondary N) is 1. The van der Waals surface area contributed by atoms with Gasteiger partial charge in [-0.15, -0.1) is 0 Å². The number of hydrogen-bond donors (Lipinski definition) is 1. The van der Waals surface area contributed by atoms with Gasteiger partial charge in [0.2, 0.25) is 0 Å². The van der Waals surface area contributed by atoms with E-state index in [2.05, 4.69) is 10.4 Å². The Labute approximate surface area is 98.4 Å². The number of nitrogens with zero attached hydrogens (tertiary/aromatic N) is 2. The number of ether oxygens (including phenoxy) is 1. The molecule has 88 valence electrons. The van der Waals surface area contributed by atoms with Crippen LogP contribution in [0.5, 0.6) is 0 Å². The molecule has 0 bridgehead atoms. The Morgan fingerprint density at radius 2 is 2.24 bits per heavy atom. The summed E-state index contributed by atoms with van der Waals surface area (Å²) in [5.41, 5.74) is 1.44. The molecule has 3 rings (SSSR count). The van der Waals surface area contributed by atoms with Crippen molar-refractivity contribution in [3.05, 3.63) is 30.0 Å². The summed E-state index contributed by atoms with van der Waals surface area (Å²) >= 11 is 0. The van der Waals surface area contributed by atoms with Crippen LogP contribution in [0.2, 0.25) is 0 Å². The fourth-order valence-electron chi connectivity index (χ4n) is 1.95. The van der Waals surface area contributed by atoms with E-state index in [9.17, 15) is 4.79 Å². The lowest BCUT2D eigenvalue weighted by Crippen LogP contribution is -2.48. The molecule has 1 aliphatic rings. The molecule has 1 amide bonds. The number of carbonyl (C=O) groups is 1. The number of rotatable bonds is 2. The topological polar surface area (TPSA) is 56.2 Å². The SMILES string of the molecule is Cn1nc(C(=O)NC2COC2)c2ccccc21. The van der Waals surface area contributed by atoms with Gasteiger partial charge < -0.3 is 10.1 Å². The molecule has 0 unspecified atom stereocenters. The van der Waals surface area contributed by atoms with Crippen LogP contribution in [0, 0.1) is 0 Å². The second-order valence-electron chi connectivity index (χ2n) is 4.20. The smallest absolute Gasteiger partial charge is 0.272 e. The molecule has 1 fully saturated rings. The van der Waals surface area contributed by atoms with Crippen LogP contribution in [0.15, 0.2) is 24.3 Å². The molecule has 0 radical (unpaired) electrons. The molecule has 1 aromatic carbocycles. The number of aryl methyl sites for hydroxylation is 1. The zero-order chi connectivity index (χ0) is 11.8. The summed E-state index contributed by atoms with van der Waals surface area (Å²) in [7, 11) is 1.84. The molecular formula is C12H13N3O2. The van der Waals surface area contributed by atoms with Gasteiger partial charge in [0.15, 0.2) is 5.69 Å². The van der Waals surface area contributed by atoms with Crippen molar-refractivity contribution in [2.24, 2.45) is 7.05 Å². The first-order chi connectivity index (χ1) is 8.25. The summed E-state index contributed by atoms with van der Waals surface area (Å²) in [5.74, 6) is -0.130. The van der Waals surface area contributed by atoms with Crippen molar-refractivity contribution in [1.29, 1.82) is 0 Å². The highest BCUT2D eigenvalue weighted by Gasteiger charge is 2.23. The van der Waals surface area contributed by atoms with Crippen LogP contribution in [0.4, 0.5) is 0 Å². The molecule has 1 saturated heterocycles. The van der Waals surface area contributed by atoms with E-state index in [0.29, 0.717) is 18.9 Å². The van der Waals surface area contributed by atoms with E-state index < -0.39 is 0 Å². The number of amides is 1. The van der Waals surface area contributed by atoms with E-state index >= 15 is 0 Å². The highest BCUT2D eigenvalue weighted by molar-refractivity contribution is 6.04. The molecule has 0 spiro atoms. The number of para-hydroxylation sites is 1. The van der Waals surface area contributed by atoms with Crippen molar-refractivity contribution in [3.8, 4) is 0 Å². The fraction of sp³-hybridized carbons (Fsp3) is 0.333. The molecule has 0 aliphatic carbocycles. The van der Waals surface area contributed by atoms with Crippen LogP contribution in [-0.2, 0) is 11.8 Å². The monoisotopic (exact) mass is 231 g/mol. The van der Waals surface area contributed by atoms with Gasteiger partial charge in [0.05, 0.1) is 24.8 Å². The second-order valence-corrected chi connectivity index (χ2v) is 4.20. The van der Waals surface area contributed by atoms with Crippen LogP contribution in [0.3, 0.4) is 0 Å². The minimum atomic E-state index is -0.130. The summed E-state index contributed by atoms with van der Waals surface area (Å²) in [5, 5.41) is 8.05. The Morgan fingerprint density at radius 3 is 2.94 bits per heavy atom. The van der Waals surface area contributed by atoms with Gasteiger partial charge in [-0.1, -0.05) is 18.2 Å². The first kappa shape index (κ1) is 10.3. The van der Waals surface area contributed by atoms with Gasteiger partial charge >= 0.3 is 0 Å². The van der Waals surface area contributed by atoms with Crippen molar-refractivity contribution in [2.75, 3.05) is 13.2 Å². The third-order valence-corrected chi connectivity index (χ3v) is 2.95. The molecule has 2 heterocycles. The Bertz CT molecular complexity index is 572. The zero-order valence-corrected chi connectivity index (χ0v) is 9.51. The maximum atomic E-state index is 12.0. The van der Waals surface area contributed by atoms with Crippen LogP contribution >= 0.6 is 0 Å². The average molecular weight is 231 g/mol. The fourth-order valence-corrected chi connectivity index (χ4v) is 1.95. The Kier molecular flexibility index (Phi) is 2.33. The quantitative estimate of drug-likeness (QED) is 0.827. The van der Waals surface area contributed by atoms with Crippen molar-refractivity contribution in [1.82, 2.24) is 15.1 Å². The number of hydrogen-bond acceptors (Lipinski definition) is 3. The van der Waals surface area contributed by atoms with Gasteiger partial charge in [0.1, 0.15) is 0 Å². The Morgan fingerprint density at radius 1 is 1.47 bits per heavy atom. The van der Waals surface area contributed by atoms with Gasteiger partial charge in [-0.05, 0) is 6.07 Å². The Hall–Kier alpha value is -1.88. The van der Waals surface area contributed by atoms with Crippen molar-refractivity contribution in [2.45, 2.75) is 6.04 Å². The summed E-state index contributed by atoms with van der Waals surface area (Å²) in [6, 6.07) is 7.84. The third-order valence-electron chi connectivity index (χ3n) is 2.95. The summed E-state index contributed by atoms with van der Waals surface area (Å²) in [6.45, 7) is 1.19. The molecule has 0 atom stereocenters. The number of benzene rings is 1. The molecule has 1 aliphatic heterocycles. The predicted molar refractivity (Wildman–Crippen MR) is 62.8 cm³/mol. The molecule has 0 saturated carbocycles.